The topological polar surface area (TPSA) is 49.6 Å². The molecule has 0 aromatic heterocycles. The summed E-state index contributed by atoms with van der Waals surface area (Å²) in [6.45, 7) is 5.08. The summed E-state index contributed by atoms with van der Waals surface area (Å²) in [5.74, 6) is 0.196. The summed E-state index contributed by atoms with van der Waals surface area (Å²) in [6.07, 6.45) is 4.42. The van der Waals surface area contributed by atoms with Crippen LogP contribution in [0, 0.1) is 0 Å². The van der Waals surface area contributed by atoms with Gasteiger partial charge in [-0.25, -0.2) is 0 Å². The van der Waals surface area contributed by atoms with E-state index >= 15 is 0 Å². The van der Waals surface area contributed by atoms with Gasteiger partial charge >= 0.3 is 0 Å². The van der Waals surface area contributed by atoms with Crippen molar-refractivity contribution in [3.8, 4) is 0 Å². The van der Waals surface area contributed by atoms with Gasteiger partial charge in [-0.1, -0.05) is 6.92 Å². The minimum Gasteiger partial charge on any atom is -0.347 e. The molecule has 0 radical (unpaired) electrons. The van der Waals surface area contributed by atoms with E-state index in [1.807, 2.05) is 21.0 Å². The summed E-state index contributed by atoms with van der Waals surface area (Å²) in [7, 11) is 3.65. The van der Waals surface area contributed by atoms with Crippen molar-refractivity contribution in [2.75, 3.05) is 20.6 Å². The molecule has 0 spiro atoms. The molecular formula is C13H27N3O. The molecule has 4 nitrogen and oxygen atoms in total. The van der Waals surface area contributed by atoms with E-state index in [-0.39, 0.29) is 11.9 Å². The third kappa shape index (κ3) is 3.68. The van der Waals surface area contributed by atoms with Gasteiger partial charge in [0.05, 0.1) is 6.04 Å². The van der Waals surface area contributed by atoms with E-state index in [0.717, 1.165) is 32.2 Å². The van der Waals surface area contributed by atoms with E-state index in [1.165, 1.54) is 0 Å². The molecule has 100 valence electrons. The minimum atomic E-state index is -0.0191. The Hall–Kier alpha value is -0.610. The lowest BCUT2D eigenvalue weighted by Crippen LogP contribution is -2.51. The standard InChI is InChI=1S/C13H27N3O/c1-5-16(10(2)13(17)15(3)4)12-8-6-11(14)7-9-12/h10-12H,5-9,14H2,1-4H3. The van der Waals surface area contributed by atoms with Gasteiger partial charge < -0.3 is 10.6 Å². The van der Waals surface area contributed by atoms with E-state index in [0.29, 0.717) is 12.1 Å². The summed E-state index contributed by atoms with van der Waals surface area (Å²) < 4.78 is 0. The van der Waals surface area contributed by atoms with Crippen LogP contribution in [0.15, 0.2) is 0 Å². The van der Waals surface area contributed by atoms with Crippen LogP contribution in [0.1, 0.15) is 39.5 Å². The smallest absolute Gasteiger partial charge is 0.239 e. The van der Waals surface area contributed by atoms with Crippen LogP contribution in [0.2, 0.25) is 0 Å². The van der Waals surface area contributed by atoms with Gasteiger partial charge in [0.1, 0.15) is 0 Å². The summed E-state index contributed by atoms with van der Waals surface area (Å²) in [4.78, 5) is 16.0. The van der Waals surface area contributed by atoms with E-state index in [2.05, 4.69) is 11.8 Å². The Balaban J connectivity index is 2.61. The molecule has 4 heteroatoms. The predicted molar refractivity (Wildman–Crippen MR) is 70.8 cm³/mol. The fourth-order valence-electron chi connectivity index (χ4n) is 2.80. The van der Waals surface area contributed by atoms with Crippen LogP contribution in [-0.2, 0) is 4.79 Å². The first-order chi connectivity index (χ1) is 7.97. The molecule has 1 aliphatic rings. The van der Waals surface area contributed by atoms with E-state index < -0.39 is 0 Å². The van der Waals surface area contributed by atoms with Gasteiger partial charge in [-0.3, -0.25) is 9.69 Å². The molecule has 1 saturated carbocycles. The largest absolute Gasteiger partial charge is 0.347 e. The van der Waals surface area contributed by atoms with Crippen LogP contribution in [-0.4, -0.2) is 54.5 Å². The maximum atomic E-state index is 12.0. The Morgan fingerprint density at radius 3 is 2.24 bits per heavy atom. The highest BCUT2D eigenvalue weighted by Crippen LogP contribution is 2.23. The van der Waals surface area contributed by atoms with Crippen LogP contribution in [0.5, 0.6) is 0 Å². The van der Waals surface area contributed by atoms with E-state index in [1.54, 1.807) is 4.90 Å². The van der Waals surface area contributed by atoms with Crippen molar-refractivity contribution < 1.29 is 4.79 Å². The van der Waals surface area contributed by atoms with E-state index in [4.69, 9.17) is 5.73 Å². The summed E-state index contributed by atoms with van der Waals surface area (Å²) in [5.41, 5.74) is 5.93. The first kappa shape index (κ1) is 14.5. The fourth-order valence-corrected chi connectivity index (χ4v) is 2.80. The second-order valence-corrected chi connectivity index (χ2v) is 5.31. The van der Waals surface area contributed by atoms with Gasteiger partial charge in [0.15, 0.2) is 0 Å². The maximum Gasteiger partial charge on any atom is 0.239 e. The van der Waals surface area contributed by atoms with E-state index in [9.17, 15) is 4.79 Å². The number of rotatable bonds is 4. The number of hydrogen-bond donors (Lipinski definition) is 1. The molecule has 0 heterocycles. The fraction of sp³-hybridized carbons (Fsp3) is 0.923. The SMILES string of the molecule is CCN(C1CCC(N)CC1)C(C)C(=O)N(C)C. The normalized spacial score (nSPS) is 26.9. The molecule has 0 bridgehead atoms. The number of likely N-dealkylation sites (N-methyl/N-ethyl adjacent to an activating group) is 2. The van der Waals surface area contributed by atoms with Crippen molar-refractivity contribution in [1.82, 2.24) is 9.80 Å². The van der Waals surface area contributed by atoms with Crippen molar-refractivity contribution in [3.05, 3.63) is 0 Å². The third-order valence-corrected chi connectivity index (χ3v) is 3.87. The number of nitrogens with two attached hydrogens (primary N) is 1. The molecule has 1 atom stereocenters. The van der Waals surface area contributed by atoms with Crippen LogP contribution in [0.25, 0.3) is 0 Å². The first-order valence-electron chi connectivity index (χ1n) is 6.69. The maximum absolute atomic E-state index is 12.0. The molecule has 1 rings (SSSR count). The average Bonchev–Trinajstić information content (AvgIpc) is 2.31. The lowest BCUT2D eigenvalue weighted by molar-refractivity contribution is -0.135. The second kappa shape index (κ2) is 6.36. The highest BCUT2D eigenvalue weighted by molar-refractivity contribution is 5.80. The zero-order valence-electron chi connectivity index (χ0n) is 11.6. The Labute approximate surface area is 105 Å². The lowest BCUT2D eigenvalue weighted by Gasteiger charge is -2.39. The van der Waals surface area contributed by atoms with Gasteiger partial charge in [0.2, 0.25) is 5.91 Å². The van der Waals surface area contributed by atoms with Crippen molar-refractivity contribution in [2.45, 2.75) is 57.7 Å². The van der Waals surface area contributed by atoms with Gasteiger partial charge in [0, 0.05) is 26.2 Å². The van der Waals surface area contributed by atoms with Crippen LogP contribution >= 0.6 is 0 Å². The van der Waals surface area contributed by atoms with Crippen LogP contribution < -0.4 is 5.73 Å². The number of nitrogens with zero attached hydrogens (tertiary/aromatic N) is 2. The van der Waals surface area contributed by atoms with Crippen LogP contribution in [0.4, 0.5) is 0 Å². The van der Waals surface area contributed by atoms with Crippen molar-refractivity contribution in [3.63, 3.8) is 0 Å². The molecule has 0 aromatic rings. The molecule has 17 heavy (non-hydrogen) atoms. The molecule has 0 aromatic carbocycles. The third-order valence-electron chi connectivity index (χ3n) is 3.87. The first-order valence-corrected chi connectivity index (χ1v) is 6.69. The summed E-state index contributed by atoms with van der Waals surface area (Å²) in [6, 6.07) is 0.873. The average molecular weight is 241 g/mol. The molecule has 1 aliphatic carbocycles. The van der Waals surface area contributed by atoms with Gasteiger partial charge in [-0.2, -0.15) is 0 Å². The Morgan fingerprint density at radius 2 is 1.82 bits per heavy atom. The van der Waals surface area contributed by atoms with Gasteiger partial charge in [-0.05, 0) is 39.2 Å². The molecule has 1 fully saturated rings. The molecule has 2 N–H and O–H groups in total. The minimum absolute atomic E-state index is 0.0191. The van der Waals surface area contributed by atoms with Crippen LogP contribution in [0.3, 0.4) is 0 Å². The molecule has 0 aliphatic heterocycles. The Kier molecular flexibility index (Phi) is 5.40. The number of amides is 1. The van der Waals surface area contributed by atoms with Crippen molar-refractivity contribution in [2.24, 2.45) is 5.73 Å². The molecular weight excluding hydrogens is 214 g/mol. The predicted octanol–water partition coefficient (Wildman–Crippen LogP) is 1.05. The highest BCUT2D eigenvalue weighted by Gasteiger charge is 2.30. The van der Waals surface area contributed by atoms with Crippen molar-refractivity contribution in [1.29, 1.82) is 0 Å². The Morgan fingerprint density at radius 1 is 1.29 bits per heavy atom. The second-order valence-electron chi connectivity index (χ2n) is 5.31. The number of carbonyl (C=O) groups is 1. The molecule has 1 amide bonds. The number of hydrogen-bond acceptors (Lipinski definition) is 3. The number of carbonyl (C=O) groups excluding carboxylic acids is 1. The molecule has 0 saturated heterocycles. The summed E-state index contributed by atoms with van der Waals surface area (Å²) in [5, 5.41) is 0. The quantitative estimate of drug-likeness (QED) is 0.800. The highest BCUT2D eigenvalue weighted by atomic mass is 16.2. The van der Waals surface area contributed by atoms with Gasteiger partial charge in [-0.15, -0.1) is 0 Å². The molecule has 1 unspecified atom stereocenters. The zero-order valence-corrected chi connectivity index (χ0v) is 11.6. The zero-order chi connectivity index (χ0) is 13.0. The lowest BCUT2D eigenvalue weighted by atomic mass is 9.90. The van der Waals surface area contributed by atoms with Crippen molar-refractivity contribution >= 4 is 5.91 Å². The monoisotopic (exact) mass is 241 g/mol. The van der Waals surface area contributed by atoms with Gasteiger partial charge in [0.25, 0.3) is 0 Å². The Bertz CT molecular complexity index is 247. The summed E-state index contributed by atoms with van der Waals surface area (Å²) >= 11 is 0.